The monoisotopic (exact) mass is 440 g/mol. The molecule has 0 bridgehead atoms. The predicted molar refractivity (Wildman–Crippen MR) is 104 cm³/mol. The fourth-order valence-corrected chi connectivity index (χ4v) is 3.77. The standard InChI is InChI=1S/C18H21BrN2O4S/c1-13(14-6-4-3-5-7-14)21-18(22)16-12-15(8-9-17(16)19)26(23,24)20-10-11-25-2/h3-9,12-13,20H,10-11H2,1-2H3,(H,21,22)/t13-/m0/s1. The van der Waals surface area contributed by atoms with Crippen LogP contribution in [0.5, 0.6) is 0 Å². The van der Waals surface area contributed by atoms with Gasteiger partial charge in [-0.15, -0.1) is 0 Å². The molecular weight excluding hydrogens is 420 g/mol. The highest BCUT2D eigenvalue weighted by Gasteiger charge is 2.19. The second-order valence-electron chi connectivity index (χ2n) is 5.64. The first-order valence-corrected chi connectivity index (χ1v) is 10.3. The van der Waals surface area contributed by atoms with Gasteiger partial charge >= 0.3 is 0 Å². The number of carbonyl (C=O) groups excluding carboxylic acids is 1. The Morgan fingerprint density at radius 2 is 1.88 bits per heavy atom. The van der Waals surface area contributed by atoms with Crippen LogP contribution in [0.2, 0.25) is 0 Å². The number of rotatable bonds is 8. The van der Waals surface area contributed by atoms with Gasteiger partial charge < -0.3 is 10.1 Å². The Bertz CT molecular complexity index is 857. The van der Waals surface area contributed by atoms with Crippen molar-refractivity contribution in [2.45, 2.75) is 17.9 Å². The molecule has 0 radical (unpaired) electrons. The lowest BCUT2D eigenvalue weighted by Crippen LogP contribution is -2.29. The van der Waals surface area contributed by atoms with E-state index in [9.17, 15) is 13.2 Å². The van der Waals surface area contributed by atoms with Crippen LogP contribution in [0.1, 0.15) is 28.9 Å². The molecule has 0 aliphatic carbocycles. The van der Waals surface area contributed by atoms with Crippen molar-refractivity contribution in [3.63, 3.8) is 0 Å². The number of methoxy groups -OCH3 is 1. The van der Waals surface area contributed by atoms with Gasteiger partial charge in [-0.25, -0.2) is 13.1 Å². The molecule has 0 aliphatic rings. The van der Waals surface area contributed by atoms with Crippen molar-refractivity contribution in [1.29, 1.82) is 0 Å². The zero-order chi connectivity index (χ0) is 19.2. The number of hydrogen-bond acceptors (Lipinski definition) is 4. The smallest absolute Gasteiger partial charge is 0.252 e. The Balaban J connectivity index is 2.19. The number of ether oxygens (including phenoxy) is 1. The maximum Gasteiger partial charge on any atom is 0.252 e. The van der Waals surface area contributed by atoms with Crippen LogP contribution in [0.15, 0.2) is 57.9 Å². The molecule has 1 atom stereocenters. The number of amides is 1. The summed E-state index contributed by atoms with van der Waals surface area (Å²) in [4.78, 5) is 12.6. The lowest BCUT2D eigenvalue weighted by molar-refractivity contribution is 0.0939. The molecule has 0 aromatic heterocycles. The molecule has 0 unspecified atom stereocenters. The first kappa shape index (κ1) is 20.6. The zero-order valence-electron chi connectivity index (χ0n) is 14.5. The molecule has 8 heteroatoms. The van der Waals surface area contributed by atoms with Crippen molar-refractivity contribution in [3.8, 4) is 0 Å². The van der Waals surface area contributed by atoms with E-state index in [1.165, 1.54) is 19.2 Å². The summed E-state index contributed by atoms with van der Waals surface area (Å²) in [7, 11) is -2.23. The lowest BCUT2D eigenvalue weighted by Gasteiger charge is -2.15. The van der Waals surface area contributed by atoms with Crippen LogP contribution in [0, 0.1) is 0 Å². The van der Waals surface area contributed by atoms with Crippen LogP contribution in [0.3, 0.4) is 0 Å². The molecule has 0 saturated heterocycles. The van der Waals surface area contributed by atoms with Gasteiger partial charge in [-0.3, -0.25) is 4.79 Å². The third-order valence-electron chi connectivity index (χ3n) is 3.74. The Hall–Kier alpha value is -1.74. The summed E-state index contributed by atoms with van der Waals surface area (Å²) < 4.78 is 32.4. The Kier molecular flexibility index (Phi) is 7.33. The second-order valence-corrected chi connectivity index (χ2v) is 8.26. The van der Waals surface area contributed by atoms with Crippen molar-refractivity contribution in [3.05, 3.63) is 64.1 Å². The molecule has 2 rings (SSSR count). The maximum atomic E-state index is 12.6. The molecule has 0 saturated carbocycles. The number of benzene rings is 2. The van der Waals surface area contributed by atoms with E-state index in [1.54, 1.807) is 6.07 Å². The molecule has 140 valence electrons. The fraction of sp³-hybridized carbons (Fsp3) is 0.278. The van der Waals surface area contributed by atoms with Crippen molar-refractivity contribution < 1.29 is 17.9 Å². The summed E-state index contributed by atoms with van der Waals surface area (Å²) in [5.41, 5.74) is 1.21. The maximum absolute atomic E-state index is 12.6. The first-order chi connectivity index (χ1) is 12.3. The van der Waals surface area contributed by atoms with E-state index in [-0.39, 0.29) is 35.6 Å². The number of nitrogens with one attached hydrogen (secondary N) is 2. The van der Waals surface area contributed by atoms with E-state index in [4.69, 9.17) is 4.74 Å². The van der Waals surface area contributed by atoms with Gasteiger partial charge in [-0.05, 0) is 46.6 Å². The highest BCUT2D eigenvalue weighted by Crippen LogP contribution is 2.22. The normalized spacial score (nSPS) is 12.6. The molecule has 0 fully saturated rings. The summed E-state index contributed by atoms with van der Waals surface area (Å²) in [6.45, 7) is 2.28. The van der Waals surface area contributed by atoms with Gasteiger partial charge in [0.25, 0.3) is 5.91 Å². The number of hydrogen-bond donors (Lipinski definition) is 2. The summed E-state index contributed by atoms with van der Waals surface area (Å²) in [5.74, 6) is -0.359. The highest BCUT2D eigenvalue weighted by atomic mass is 79.9. The largest absolute Gasteiger partial charge is 0.383 e. The summed E-state index contributed by atoms with van der Waals surface area (Å²) in [6.07, 6.45) is 0. The first-order valence-electron chi connectivity index (χ1n) is 7.99. The van der Waals surface area contributed by atoms with E-state index >= 15 is 0 Å². The van der Waals surface area contributed by atoms with E-state index < -0.39 is 10.0 Å². The van der Waals surface area contributed by atoms with Crippen molar-refractivity contribution in [2.75, 3.05) is 20.3 Å². The van der Waals surface area contributed by atoms with Crippen LogP contribution in [0.4, 0.5) is 0 Å². The minimum absolute atomic E-state index is 0.0225. The number of sulfonamides is 1. The van der Waals surface area contributed by atoms with E-state index in [0.717, 1.165) is 5.56 Å². The molecule has 0 spiro atoms. The van der Waals surface area contributed by atoms with Gasteiger partial charge in [0.05, 0.1) is 23.1 Å². The van der Waals surface area contributed by atoms with Crippen molar-refractivity contribution in [2.24, 2.45) is 0 Å². The van der Waals surface area contributed by atoms with Gasteiger partial charge in [0.2, 0.25) is 10.0 Å². The van der Waals surface area contributed by atoms with E-state index in [0.29, 0.717) is 4.47 Å². The summed E-state index contributed by atoms with van der Waals surface area (Å²) in [5, 5.41) is 2.88. The third kappa shape index (κ3) is 5.38. The average molecular weight is 441 g/mol. The molecular formula is C18H21BrN2O4S. The fourth-order valence-electron chi connectivity index (χ4n) is 2.31. The molecule has 1 amide bonds. The summed E-state index contributed by atoms with van der Waals surface area (Å²) >= 11 is 3.31. The molecule has 2 aromatic carbocycles. The Labute approximate surface area is 162 Å². The average Bonchev–Trinajstić information content (AvgIpc) is 2.62. The zero-order valence-corrected chi connectivity index (χ0v) is 16.9. The van der Waals surface area contributed by atoms with Crippen LogP contribution < -0.4 is 10.0 Å². The predicted octanol–water partition coefficient (Wildman–Crippen LogP) is 2.86. The second kappa shape index (κ2) is 9.27. The molecule has 2 aromatic rings. The van der Waals surface area contributed by atoms with Gasteiger partial charge in [0.1, 0.15) is 0 Å². The third-order valence-corrected chi connectivity index (χ3v) is 5.89. The van der Waals surface area contributed by atoms with Crippen molar-refractivity contribution in [1.82, 2.24) is 10.0 Å². The minimum Gasteiger partial charge on any atom is -0.383 e. The lowest BCUT2D eigenvalue weighted by atomic mass is 10.1. The highest BCUT2D eigenvalue weighted by molar-refractivity contribution is 9.10. The quantitative estimate of drug-likeness (QED) is 0.618. The van der Waals surface area contributed by atoms with Crippen LogP contribution in [0.25, 0.3) is 0 Å². The van der Waals surface area contributed by atoms with Crippen LogP contribution in [-0.4, -0.2) is 34.6 Å². The SMILES string of the molecule is COCCNS(=O)(=O)c1ccc(Br)c(C(=O)N[C@@H](C)c2ccccc2)c1. The molecule has 6 nitrogen and oxygen atoms in total. The molecule has 0 aliphatic heterocycles. The van der Waals surface area contributed by atoms with Gasteiger partial charge in [0, 0.05) is 18.1 Å². The van der Waals surface area contributed by atoms with Crippen LogP contribution in [-0.2, 0) is 14.8 Å². The van der Waals surface area contributed by atoms with Crippen LogP contribution >= 0.6 is 15.9 Å². The van der Waals surface area contributed by atoms with Gasteiger partial charge in [-0.2, -0.15) is 0 Å². The van der Waals surface area contributed by atoms with E-state index in [1.807, 2.05) is 37.3 Å². The number of carbonyl (C=O) groups is 1. The number of halogens is 1. The van der Waals surface area contributed by atoms with E-state index in [2.05, 4.69) is 26.0 Å². The van der Waals surface area contributed by atoms with Gasteiger partial charge in [0.15, 0.2) is 0 Å². The summed E-state index contributed by atoms with van der Waals surface area (Å²) in [6, 6.07) is 13.7. The molecule has 26 heavy (non-hydrogen) atoms. The Morgan fingerprint density at radius 1 is 1.19 bits per heavy atom. The Morgan fingerprint density at radius 3 is 2.54 bits per heavy atom. The minimum atomic E-state index is -3.72. The molecule has 0 heterocycles. The van der Waals surface area contributed by atoms with Gasteiger partial charge in [-0.1, -0.05) is 30.3 Å². The molecule has 2 N–H and O–H groups in total. The van der Waals surface area contributed by atoms with Crippen molar-refractivity contribution >= 4 is 31.9 Å². The topological polar surface area (TPSA) is 84.5 Å².